The lowest BCUT2D eigenvalue weighted by Crippen LogP contribution is -2.67. The molecule has 1 atom stereocenters. The Morgan fingerprint density at radius 3 is 2.72 bits per heavy atom. The van der Waals surface area contributed by atoms with Gasteiger partial charge in [-0.25, -0.2) is 18.4 Å². The van der Waals surface area contributed by atoms with Crippen molar-refractivity contribution < 1.29 is 17.9 Å². The lowest BCUT2D eigenvalue weighted by Gasteiger charge is -2.51. The molecule has 2 fully saturated rings. The molecule has 2 aliphatic rings. The van der Waals surface area contributed by atoms with Crippen molar-refractivity contribution in [3.8, 4) is 6.01 Å². The van der Waals surface area contributed by atoms with Crippen LogP contribution in [0.3, 0.4) is 0 Å². The summed E-state index contributed by atoms with van der Waals surface area (Å²) in [7, 11) is -3.53. The molecule has 25 heavy (non-hydrogen) atoms. The Balaban J connectivity index is 1.41. The maximum absolute atomic E-state index is 12.6. The summed E-state index contributed by atoms with van der Waals surface area (Å²) in [6, 6.07) is 5.23. The molecule has 4 rings (SSSR count). The summed E-state index contributed by atoms with van der Waals surface area (Å²) in [6.07, 6.45) is 7.43. The van der Waals surface area contributed by atoms with Gasteiger partial charge in [0, 0.05) is 50.7 Å². The second kappa shape index (κ2) is 6.32. The molecule has 2 aromatic rings. The van der Waals surface area contributed by atoms with Gasteiger partial charge in [0.15, 0.2) is 0 Å². The fourth-order valence-corrected chi connectivity index (χ4v) is 4.77. The van der Waals surface area contributed by atoms with Gasteiger partial charge < -0.3 is 9.47 Å². The van der Waals surface area contributed by atoms with Crippen LogP contribution < -0.4 is 4.74 Å². The van der Waals surface area contributed by atoms with Crippen LogP contribution >= 0.6 is 0 Å². The lowest BCUT2D eigenvalue weighted by molar-refractivity contribution is -0.165. The Morgan fingerprint density at radius 1 is 1.20 bits per heavy atom. The molecule has 0 N–H and O–H groups in total. The number of aromatic nitrogens is 3. The molecule has 0 bridgehead atoms. The first kappa shape index (κ1) is 16.4. The minimum atomic E-state index is -3.53. The van der Waals surface area contributed by atoms with E-state index in [9.17, 15) is 8.42 Å². The van der Waals surface area contributed by atoms with Gasteiger partial charge in [-0.1, -0.05) is 0 Å². The number of hydrogen-bond donors (Lipinski definition) is 0. The summed E-state index contributed by atoms with van der Waals surface area (Å²) < 4.78 is 38.3. The van der Waals surface area contributed by atoms with E-state index in [1.807, 2.05) is 0 Å². The molecule has 0 saturated carbocycles. The fourth-order valence-electron chi connectivity index (χ4n) is 3.21. The van der Waals surface area contributed by atoms with Crippen LogP contribution in [-0.2, 0) is 14.8 Å². The van der Waals surface area contributed by atoms with E-state index in [2.05, 4.69) is 15.0 Å². The second-order valence-corrected chi connectivity index (χ2v) is 8.20. The second-order valence-electron chi connectivity index (χ2n) is 6.26. The molecule has 132 valence electrons. The van der Waals surface area contributed by atoms with Crippen LogP contribution in [0.4, 0.5) is 0 Å². The van der Waals surface area contributed by atoms with Crippen LogP contribution in [-0.4, -0.2) is 59.1 Å². The van der Waals surface area contributed by atoms with Gasteiger partial charge in [-0.2, -0.15) is 4.31 Å². The number of ether oxygens (including phenoxy) is 2. The molecule has 4 heterocycles. The quantitative estimate of drug-likeness (QED) is 0.796. The molecule has 8 nitrogen and oxygen atoms in total. The third kappa shape index (κ3) is 3.22. The van der Waals surface area contributed by atoms with Gasteiger partial charge in [0.05, 0.1) is 12.2 Å². The van der Waals surface area contributed by atoms with Crippen molar-refractivity contribution in [3.05, 3.63) is 43.0 Å². The number of pyridine rings is 1. The minimum absolute atomic E-state index is 0.0839. The molecule has 2 saturated heterocycles. The maximum atomic E-state index is 12.6. The zero-order valence-corrected chi connectivity index (χ0v) is 14.3. The first-order valence-corrected chi connectivity index (χ1v) is 9.49. The third-order valence-corrected chi connectivity index (χ3v) is 6.24. The van der Waals surface area contributed by atoms with E-state index >= 15 is 0 Å². The van der Waals surface area contributed by atoms with Crippen LogP contribution in [0.25, 0.3) is 0 Å². The third-order valence-electron chi connectivity index (χ3n) is 4.46. The average molecular weight is 362 g/mol. The highest BCUT2D eigenvalue weighted by atomic mass is 32.2. The summed E-state index contributed by atoms with van der Waals surface area (Å²) in [5.74, 6) is 0. The van der Waals surface area contributed by atoms with E-state index in [-0.39, 0.29) is 11.0 Å². The van der Waals surface area contributed by atoms with Crippen molar-refractivity contribution >= 4 is 10.0 Å². The first-order chi connectivity index (χ1) is 12.1. The molecule has 0 aromatic carbocycles. The standard InChI is InChI=1S/C16H18N4O4S/c21-25(22,14-3-1-5-17-10-14)20-11-16(12-20)9-13(4-8-23-16)24-15-18-6-2-7-19-15/h1-3,5-7,10,13H,4,8-9,11-12H2. The first-order valence-electron chi connectivity index (χ1n) is 8.05. The Hall–Kier alpha value is -2.10. The van der Waals surface area contributed by atoms with Gasteiger partial charge in [0.2, 0.25) is 10.0 Å². The monoisotopic (exact) mass is 362 g/mol. The Morgan fingerprint density at radius 2 is 2.00 bits per heavy atom. The minimum Gasteiger partial charge on any atom is -0.460 e. The molecule has 9 heteroatoms. The molecular formula is C16H18N4O4S. The van der Waals surface area contributed by atoms with E-state index in [0.717, 1.165) is 6.42 Å². The molecule has 1 spiro atoms. The van der Waals surface area contributed by atoms with Crippen molar-refractivity contribution in [2.75, 3.05) is 19.7 Å². The van der Waals surface area contributed by atoms with Crippen molar-refractivity contribution in [1.82, 2.24) is 19.3 Å². The maximum Gasteiger partial charge on any atom is 0.316 e. The van der Waals surface area contributed by atoms with Gasteiger partial charge in [0.25, 0.3) is 0 Å². The summed E-state index contributed by atoms with van der Waals surface area (Å²) in [5, 5.41) is 0. The number of sulfonamides is 1. The van der Waals surface area contributed by atoms with Crippen molar-refractivity contribution in [3.63, 3.8) is 0 Å². The van der Waals surface area contributed by atoms with Gasteiger partial charge in [-0.3, -0.25) is 4.98 Å². The van der Waals surface area contributed by atoms with E-state index in [1.54, 1.807) is 36.8 Å². The average Bonchev–Trinajstić information content (AvgIpc) is 2.61. The van der Waals surface area contributed by atoms with E-state index in [1.165, 1.54) is 10.5 Å². The molecular weight excluding hydrogens is 344 g/mol. The molecule has 2 aromatic heterocycles. The predicted octanol–water partition coefficient (Wildman–Crippen LogP) is 0.873. The normalized spacial score (nSPS) is 23.1. The van der Waals surface area contributed by atoms with Gasteiger partial charge >= 0.3 is 6.01 Å². The molecule has 0 aliphatic carbocycles. The highest BCUT2D eigenvalue weighted by molar-refractivity contribution is 7.89. The molecule has 1 unspecified atom stereocenters. The van der Waals surface area contributed by atoms with E-state index in [4.69, 9.17) is 9.47 Å². The fraction of sp³-hybridized carbons (Fsp3) is 0.438. The van der Waals surface area contributed by atoms with Crippen molar-refractivity contribution in [1.29, 1.82) is 0 Å². The summed E-state index contributed by atoms with van der Waals surface area (Å²) in [6.45, 7) is 1.16. The zero-order valence-electron chi connectivity index (χ0n) is 13.5. The largest absolute Gasteiger partial charge is 0.460 e. The SMILES string of the molecule is O=S(=O)(c1cccnc1)N1CC2(CC(Oc3ncccn3)CCO2)C1. The van der Waals surface area contributed by atoms with Crippen LogP contribution in [0.2, 0.25) is 0 Å². The lowest BCUT2D eigenvalue weighted by atomic mass is 9.86. The highest BCUT2D eigenvalue weighted by Gasteiger charge is 2.52. The van der Waals surface area contributed by atoms with Gasteiger partial charge in [-0.15, -0.1) is 0 Å². The summed E-state index contributed by atoms with van der Waals surface area (Å²) >= 11 is 0. The number of nitrogens with zero attached hydrogens (tertiary/aromatic N) is 4. The predicted molar refractivity (Wildman–Crippen MR) is 87.4 cm³/mol. The Kier molecular flexibility index (Phi) is 4.14. The van der Waals surface area contributed by atoms with E-state index in [0.29, 0.717) is 32.1 Å². The number of hydrogen-bond acceptors (Lipinski definition) is 7. The van der Waals surface area contributed by atoms with Gasteiger partial charge in [0.1, 0.15) is 11.0 Å². The molecule has 2 aliphatic heterocycles. The van der Waals surface area contributed by atoms with Crippen LogP contribution in [0, 0.1) is 0 Å². The van der Waals surface area contributed by atoms with Crippen LogP contribution in [0.1, 0.15) is 12.8 Å². The van der Waals surface area contributed by atoms with E-state index < -0.39 is 15.6 Å². The Bertz CT molecular complexity index is 826. The highest BCUT2D eigenvalue weighted by Crippen LogP contribution is 2.38. The van der Waals surface area contributed by atoms with Crippen LogP contribution in [0.5, 0.6) is 6.01 Å². The zero-order chi connectivity index (χ0) is 17.3. The van der Waals surface area contributed by atoms with Crippen molar-refractivity contribution in [2.24, 2.45) is 0 Å². The molecule has 0 radical (unpaired) electrons. The topological polar surface area (TPSA) is 94.5 Å². The number of rotatable bonds is 4. The van der Waals surface area contributed by atoms with Gasteiger partial charge in [-0.05, 0) is 18.2 Å². The summed E-state index contributed by atoms with van der Waals surface area (Å²) in [5.41, 5.74) is -0.493. The van der Waals surface area contributed by atoms with Crippen molar-refractivity contribution in [2.45, 2.75) is 29.4 Å². The molecule has 0 amide bonds. The van der Waals surface area contributed by atoms with Crippen LogP contribution in [0.15, 0.2) is 47.9 Å². The summed E-state index contributed by atoms with van der Waals surface area (Å²) in [4.78, 5) is 12.2. The Labute approximate surface area is 145 Å². The smallest absolute Gasteiger partial charge is 0.316 e.